The van der Waals surface area contributed by atoms with Crippen LogP contribution in [0.5, 0.6) is 0 Å². The van der Waals surface area contributed by atoms with Gasteiger partial charge in [-0.3, -0.25) is 10.1 Å². The van der Waals surface area contributed by atoms with Gasteiger partial charge in [0.25, 0.3) is 6.20 Å². The van der Waals surface area contributed by atoms with Gasteiger partial charge in [-0.25, -0.2) is 0 Å². The minimum atomic E-state index is -0.458. The lowest BCUT2D eigenvalue weighted by atomic mass is 10.2. The summed E-state index contributed by atoms with van der Waals surface area (Å²) in [6.07, 6.45) is 5.40. The summed E-state index contributed by atoms with van der Waals surface area (Å²) in [7, 11) is 0. The molecule has 108 valence electrons. The number of hydrogen-bond donors (Lipinski definition) is 2. The largest absolute Gasteiger partial charge is 0.376 e. The van der Waals surface area contributed by atoms with Crippen LogP contribution in [0.3, 0.4) is 0 Å². The molecular weight excluding hydrogens is 250 g/mol. The van der Waals surface area contributed by atoms with Crippen LogP contribution in [-0.4, -0.2) is 43.4 Å². The second-order valence-electron chi connectivity index (χ2n) is 4.86. The quantitative estimate of drug-likeness (QED) is 0.521. The van der Waals surface area contributed by atoms with Gasteiger partial charge in [-0.15, -0.1) is 0 Å². The van der Waals surface area contributed by atoms with Gasteiger partial charge in [0.05, 0.1) is 17.1 Å². The first kappa shape index (κ1) is 14.1. The van der Waals surface area contributed by atoms with Crippen molar-refractivity contribution in [3.63, 3.8) is 0 Å². The summed E-state index contributed by atoms with van der Waals surface area (Å²) >= 11 is 0. The molecule has 2 aliphatic heterocycles. The highest BCUT2D eigenvalue weighted by atomic mass is 16.6. The van der Waals surface area contributed by atoms with E-state index < -0.39 is 4.92 Å². The highest BCUT2D eigenvalue weighted by molar-refractivity contribution is 4.94. The molecule has 2 fully saturated rings. The molecule has 0 aromatic rings. The number of hydrogen-bond acceptors (Lipinski definition) is 6. The summed E-state index contributed by atoms with van der Waals surface area (Å²) in [5.74, 6) is 0.427. The van der Waals surface area contributed by atoms with Crippen molar-refractivity contribution in [2.75, 3.05) is 26.3 Å². The molecule has 2 N–H and O–H groups in total. The first-order chi connectivity index (χ1) is 9.24. The van der Waals surface area contributed by atoms with E-state index in [9.17, 15) is 10.1 Å². The summed E-state index contributed by atoms with van der Waals surface area (Å²) in [6, 6.07) is 0. The fourth-order valence-electron chi connectivity index (χ4n) is 2.32. The Morgan fingerprint density at radius 2 is 1.68 bits per heavy atom. The van der Waals surface area contributed by atoms with E-state index in [4.69, 9.17) is 9.47 Å². The summed E-state index contributed by atoms with van der Waals surface area (Å²) in [4.78, 5) is 10.1. The van der Waals surface area contributed by atoms with Crippen LogP contribution in [0, 0.1) is 10.1 Å². The third-order valence-electron chi connectivity index (χ3n) is 3.32. The van der Waals surface area contributed by atoms with Gasteiger partial charge < -0.3 is 20.1 Å². The van der Waals surface area contributed by atoms with Gasteiger partial charge >= 0.3 is 0 Å². The molecule has 0 radical (unpaired) electrons. The molecule has 19 heavy (non-hydrogen) atoms. The van der Waals surface area contributed by atoms with Crippen molar-refractivity contribution >= 4 is 0 Å². The van der Waals surface area contributed by atoms with Gasteiger partial charge in [0, 0.05) is 26.3 Å². The fraction of sp³-hybridized carbons (Fsp3) is 0.833. The van der Waals surface area contributed by atoms with Crippen LogP contribution in [0.1, 0.15) is 25.7 Å². The van der Waals surface area contributed by atoms with Gasteiger partial charge in [0.15, 0.2) is 5.82 Å². The Bertz CT molecular complexity index is 301. The third-order valence-corrected chi connectivity index (χ3v) is 3.32. The lowest BCUT2D eigenvalue weighted by Gasteiger charge is -2.16. The summed E-state index contributed by atoms with van der Waals surface area (Å²) < 4.78 is 10.9. The van der Waals surface area contributed by atoms with E-state index in [1.807, 2.05) is 0 Å². The molecule has 2 heterocycles. The zero-order chi connectivity index (χ0) is 13.5. The lowest BCUT2D eigenvalue weighted by molar-refractivity contribution is -0.404. The fourth-order valence-corrected chi connectivity index (χ4v) is 2.32. The standard InChI is InChI=1S/C12H21N3O4/c16-15(17)9-12(13-7-10-3-1-5-18-10)14-8-11-4-2-6-19-11/h9-11,13-14H,1-8H2. The number of nitrogens with zero attached hydrogens (tertiary/aromatic N) is 1. The molecule has 2 saturated heterocycles. The van der Waals surface area contributed by atoms with Crippen LogP contribution in [0.2, 0.25) is 0 Å². The van der Waals surface area contributed by atoms with Crippen LogP contribution < -0.4 is 10.6 Å². The maximum atomic E-state index is 10.6. The molecule has 0 aromatic carbocycles. The van der Waals surface area contributed by atoms with Crippen LogP contribution in [-0.2, 0) is 9.47 Å². The highest BCUT2D eigenvalue weighted by Gasteiger charge is 2.18. The van der Waals surface area contributed by atoms with E-state index in [0.717, 1.165) is 45.1 Å². The predicted octanol–water partition coefficient (Wildman–Crippen LogP) is 0.599. The molecule has 2 aliphatic rings. The Morgan fingerprint density at radius 3 is 2.05 bits per heavy atom. The lowest BCUT2D eigenvalue weighted by Crippen LogP contribution is -2.36. The summed E-state index contributed by atoms with van der Waals surface area (Å²) in [6.45, 7) is 2.75. The van der Waals surface area contributed by atoms with Crippen molar-refractivity contribution < 1.29 is 14.4 Å². The molecule has 2 atom stereocenters. The maximum absolute atomic E-state index is 10.6. The number of ether oxygens (including phenoxy) is 2. The Labute approximate surface area is 112 Å². The normalized spacial score (nSPS) is 26.1. The van der Waals surface area contributed by atoms with E-state index in [1.165, 1.54) is 0 Å². The van der Waals surface area contributed by atoms with Gasteiger partial charge in [-0.1, -0.05) is 0 Å². The van der Waals surface area contributed by atoms with E-state index >= 15 is 0 Å². The van der Waals surface area contributed by atoms with Crippen molar-refractivity contribution in [1.82, 2.24) is 10.6 Å². The second kappa shape index (κ2) is 7.30. The monoisotopic (exact) mass is 271 g/mol. The minimum Gasteiger partial charge on any atom is -0.376 e. The highest BCUT2D eigenvalue weighted by Crippen LogP contribution is 2.12. The van der Waals surface area contributed by atoms with Crippen molar-refractivity contribution in [3.8, 4) is 0 Å². The molecule has 2 unspecified atom stereocenters. The van der Waals surface area contributed by atoms with Crippen molar-refractivity contribution in [2.45, 2.75) is 37.9 Å². The molecule has 0 saturated carbocycles. The van der Waals surface area contributed by atoms with Gasteiger partial charge in [-0.05, 0) is 25.7 Å². The van der Waals surface area contributed by atoms with Gasteiger partial charge in [-0.2, -0.15) is 0 Å². The van der Waals surface area contributed by atoms with Crippen molar-refractivity contribution in [2.24, 2.45) is 0 Å². The van der Waals surface area contributed by atoms with E-state index in [0.29, 0.717) is 18.9 Å². The van der Waals surface area contributed by atoms with E-state index in [-0.39, 0.29) is 12.2 Å². The molecule has 0 amide bonds. The Hall–Kier alpha value is -1.34. The van der Waals surface area contributed by atoms with Gasteiger partial charge in [0.2, 0.25) is 0 Å². The summed E-state index contributed by atoms with van der Waals surface area (Å²) in [5, 5.41) is 16.7. The second-order valence-corrected chi connectivity index (χ2v) is 4.86. The van der Waals surface area contributed by atoms with Crippen LogP contribution in [0.25, 0.3) is 0 Å². The molecule has 2 rings (SSSR count). The van der Waals surface area contributed by atoms with Crippen LogP contribution in [0.4, 0.5) is 0 Å². The number of nitrogens with one attached hydrogen (secondary N) is 2. The molecule has 0 bridgehead atoms. The molecule has 0 aliphatic carbocycles. The zero-order valence-electron chi connectivity index (χ0n) is 11.0. The first-order valence-corrected chi connectivity index (χ1v) is 6.80. The summed E-state index contributed by atoms with van der Waals surface area (Å²) in [5.41, 5.74) is 0. The molecular formula is C12H21N3O4. The zero-order valence-corrected chi connectivity index (χ0v) is 11.0. The predicted molar refractivity (Wildman–Crippen MR) is 69.0 cm³/mol. The Kier molecular flexibility index (Phi) is 5.41. The average Bonchev–Trinajstić information content (AvgIpc) is 3.05. The SMILES string of the molecule is O=[N+]([O-])C=C(NCC1CCCO1)NCC1CCCO1. The number of nitro groups is 1. The molecule has 0 aromatic heterocycles. The van der Waals surface area contributed by atoms with E-state index in [1.54, 1.807) is 0 Å². The topological polar surface area (TPSA) is 85.7 Å². The Balaban J connectivity index is 1.75. The van der Waals surface area contributed by atoms with Crippen molar-refractivity contribution in [1.29, 1.82) is 0 Å². The Morgan fingerprint density at radius 1 is 1.16 bits per heavy atom. The van der Waals surface area contributed by atoms with Gasteiger partial charge in [0.1, 0.15) is 0 Å². The van der Waals surface area contributed by atoms with Crippen LogP contribution >= 0.6 is 0 Å². The minimum absolute atomic E-state index is 0.152. The third kappa shape index (κ3) is 5.04. The molecule has 7 nitrogen and oxygen atoms in total. The molecule has 7 heteroatoms. The first-order valence-electron chi connectivity index (χ1n) is 6.80. The maximum Gasteiger partial charge on any atom is 0.274 e. The van der Waals surface area contributed by atoms with Crippen LogP contribution in [0.15, 0.2) is 12.0 Å². The average molecular weight is 271 g/mol. The molecule has 0 spiro atoms. The van der Waals surface area contributed by atoms with E-state index in [2.05, 4.69) is 10.6 Å². The van der Waals surface area contributed by atoms with Crippen molar-refractivity contribution in [3.05, 3.63) is 22.1 Å². The number of rotatable bonds is 7. The smallest absolute Gasteiger partial charge is 0.274 e.